The minimum Gasteiger partial charge on any atom is -0.496 e. The van der Waals surface area contributed by atoms with Crippen LogP contribution in [0.4, 0.5) is 4.79 Å². The van der Waals surface area contributed by atoms with E-state index in [0.29, 0.717) is 41.2 Å². The van der Waals surface area contributed by atoms with Gasteiger partial charge in [0.15, 0.2) is 5.54 Å². The fraction of sp³-hybridized carbons (Fsp3) is 0.250. The maximum absolute atomic E-state index is 13.3. The first kappa shape index (κ1) is 16.9. The second-order valence-corrected chi connectivity index (χ2v) is 6.46. The van der Waals surface area contributed by atoms with Crippen LogP contribution < -0.4 is 14.8 Å². The number of nitrogens with one attached hydrogen (secondary N) is 1. The molecule has 0 aliphatic carbocycles. The number of hydrogen-bond donors (Lipinski definition) is 1. The molecule has 2 heterocycles. The third-order valence-corrected chi connectivity index (χ3v) is 5.00. The van der Waals surface area contributed by atoms with Gasteiger partial charge in [0.25, 0.3) is 5.91 Å². The number of nitrogens with zero attached hydrogens (tertiary/aromatic N) is 2. The van der Waals surface area contributed by atoms with Crippen molar-refractivity contribution in [2.75, 3.05) is 13.7 Å². The van der Waals surface area contributed by atoms with Crippen LogP contribution in [-0.2, 0) is 16.9 Å². The number of amides is 3. The summed E-state index contributed by atoms with van der Waals surface area (Å²) in [5.74, 6) is 0.757. The third kappa shape index (κ3) is 2.57. The summed E-state index contributed by atoms with van der Waals surface area (Å²) in [5, 5.41) is 11.9. The van der Waals surface area contributed by atoms with Crippen LogP contribution >= 0.6 is 0 Å². The van der Waals surface area contributed by atoms with Crippen molar-refractivity contribution >= 4 is 11.9 Å². The maximum Gasteiger partial charge on any atom is 0.325 e. The Bertz CT molecular complexity index is 981. The lowest BCUT2D eigenvalue weighted by atomic mass is 9.84. The Morgan fingerprint density at radius 2 is 2.11 bits per heavy atom. The molecular weight excluding hydrogens is 346 g/mol. The molecule has 0 aromatic heterocycles. The zero-order valence-corrected chi connectivity index (χ0v) is 14.7. The summed E-state index contributed by atoms with van der Waals surface area (Å²) >= 11 is 0. The minimum atomic E-state index is -1.11. The molecule has 1 N–H and O–H groups in total. The Labute approximate surface area is 156 Å². The number of urea groups is 1. The van der Waals surface area contributed by atoms with Gasteiger partial charge in [-0.2, -0.15) is 5.26 Å². The van der Waals surface area contributed by atoms with E-state index in [-0.39, 0.29) is 12.5 Å². The van der Waals surface area contributed by atoms with E-state index in [4.69, 9.17) is 14.7 Å². The Kier molecular flexibility index (Phi) is 3.96. The second kappa shape index (κ2) is 6.32. The first-order chi connectivity index (χ1) is 13.1. The number of carbonyl (C=O) groups excluding carboxylic acids is 2. The standard InChI is InChI=1S/C20H17N3O4/c1-26-17-10-13(11-21)6-7-14(17)12-23-18(24)20(22-19(23)25)8-9-27-16-5-3-2-4-15(16)20/h2-7,10H,8-9,12H2,1H3,(H,22,25). The summed E-state index contributed by atoms with van der Waals surface area (Å²) in [5.41, 5.74) is 0.662. The molecule has 2 aliphatic rings. The van der Waals surface area contributed by atoms with E-state index in [1.54, 1.807) is 30.3 Å². The van der Waals surface area contributed by atoms with E-state index in [0.717, 1.165) is 0 Å². The SMILES string of the molecule is COc1cc(C#N)ccc1CN1C(=O)NC2(CCOc3ccccc32)C1=O. The van der Waals surface area contributed by atoms with Gasteiger partial charge in [-0.15, -0.1) is 0 Å². The monoisotopic (exact) mass is 363 g/mol. The van der Waals surface area contributed by atoms with E-state index in [9.17, 15) is 9.59 Å². The molecule has 136 valence electrons. The van der Waals surface area contributed by atoms with Crippen molar-refractivity contribution in [3.63, 3.8) is 0 Å². The van der Waals surface area contributed by atoms with Gasteiger partial charge in [0, 0.05) is 17.5 Å². The highest BCUT2D eigenvalue weighted by Crippen LogP contribution is 2.41. The Balaban J connectivity index is 1.69. The molecule has 0 bridgehead atoms. The van der Waals surface area contributed by atoms with Crippen LogP contribution in [-0.4, -0.2) is 30.6 Å². The zero-order chi connectivity index (χ0) is 19.0. The molecule has 2 aromatic carbocycles. The topological polar surface area (TPSA) is 91.7 Å². The van der Waals surface area contributed by atoms with Crippen LogP contribution in [0.5, 0.6) is 11.5 Å². The Morgan fingerprint density at radius 3 is 2.89 bits per heavy atom. The number of nitriles is 1. The average Bonchev–Trinajstić information content (AvgIpc) is 2.93. The van der Waals surface area contributed by atoms with Crippen LogP contribution in [0.2, 0.25) is 0 Å². The summed E-state index contributed by atoms with van der Waals surface area (Å²) in [6.07, 6.45) is 0.371. The molecule has 1 atom stereocenters. The van der Waals surface area contributed by atoms with Crippen molar-refractivity contribution in [3.05, 3.63) is 59.2 Å². The summed E-state index contributed by atoms with van der Waals surface area (Å²) in [6, 6.07) is 13.8. The average molecular weight is 363 g/mol. The summed E-state index contributed by atoms with van der Waals surface area (Å²) in [6.45, 7) is 0.404. The van der Waals surface area contributed by atoms with Gasteiger partial charge in [-0.25, -0.2) is 4.79 Å². The largest absolute Gasteiger partial charge is 0.496 e. The van der Waals surface area contributed by atoms with Gasteiger partial charge in [0.05, 0.1) is 31.9 Å². The van der Waals surface area contributed by atoms with E-state index < -0.39 is 11.6 Å². The van der Waals surface area contributed by atoms with Gasteiger partial charge in [-0.3, -0.25) is 9.69 Å². The maximum atomic E-state index is 13.3. The molecule has 7 heteroatoms. The van der Waals surface area contributed by atoms with E-state index in [1.165, 1.54) is 12.0 Å². The van der Waals surface area contributed by atoms with E-state index >= 15 is 0 Å². The van der Waals surface area contributed by atoms with Gasteiger partial charge < -0.3 is 14.8 Å². The number of hydrogen-bond acceptors (Lipinski definition) is 5. The molecule has 1 unspecified atom stereocenters. The van der Waals surface area contributed by atoms with Crippen LogP contribution in [0.15, 0.2) is 42.5 Å². The number of rotatable bonds is 3. The molecule has 27 heavy (non-hydrogen) atoms. The van der Waals surface area contributed by atoms with Crippen molar-refractivity contribution in [1.29, 1.82) is 5.26 Å². The first-order valence-electron chi connectivity index (χ1n) is 8.52. The number of ether oxygens (including phenoxy) is 2. The fourth-order valence-corrected chi connectivity index (χ4v) is 3.63. The highest BCUT2D eigenvalue weighted by atomic mass is 16.5. The highest BCUT2D eigenvalue weighted by Gasteiger charge is 2.54. The first-order valence-corrected chi connectivity index (χ1v) is 8.52. The number of methoxy groups -OCH3 is 1. The number of fused-ring (bicyclic) bond motifs is 2. The number of imide groups is 1. The van der Waals surface area contributed by atoms with Crippen LogP contribution in [0.1, 0.15) is 23.1 Å². The number of carbonyl (C=O) groups is 2. The van der Waals surface area contributed by atoms with Crippen molar-refractivity contribution in [2.24, 2.45) is 0 Å². The van der Waals surface area contributed by atoms with Crippen LogP contribution in [0.25, 0.3) is 0 Å². The lowest BCUT2D eigenvalue weighted by Gasteiger charge is -2.33. The van der Waals surface area contributed by atoms with E-state index in [1.807, 2.05) is 18.2 Å². The summed E-state index contributed by atoms with van der Waals surface area (Å²) in [7, 11) is 1.49. The number of benzene rings is 2. The second-order valence-electron chi connectivity index (χ2n) is 6.46. The predicted octanol–water partition coefficient (Wildman–Crippen LogP) is 2.30. The third-order valence-electron chi connectivity index (χ3n) is 5.00. The lowest BCUT2D eigenvalue weighted by Crippen LogP contribution is -2.47. The number of para-hydroxylation sites is 1. The zero-order valence-electron chi connectivity index (χ0n) is 14.7. The van der Waals surface area contributed by atoms with Gasteiger partial charge in [0.1, 0.15) is 11.5 Å². The van der Waals surface area contributed by atoms with Crippen molar-refractivity contribution in [1.82, 2.24) is 10.2 Å². The van der Waals surface area contributed by atoms with Crippen molar-refractivity contribution < 1.29 is 19.1 Å². The van der Waals surface area contributed by atoms with Gasteiger partial charge in [-0.1, -0.05) is 24.3 Å². The molecule has 7 nitrogen and oxygen atoms in total. The molecule has 2 aromatic rings. The molecule has 1 fully saturated rings. The molecule has 1 spiro atoms. The van der Waals surface area contributed by atoms with Gasteiger partial charge in [0.2, 0.25) is 0 Å². The quantitative estimate of drug-likeness (QED) is 0.845. The van der Waals surface area contributed by atoms with Crippen LogP contribution in [0.3, 0.4) is 0 Å². The van der Waals surface area contributed by atoms with E-state index in [2.05, 4.69) is 5.32 Å². The predicted molar refractivity (Wildman–Crippen MR) is 95.0 cm³/mol. The minimum absolute atomic E-state index is 0.0598. The normalized spacial score (nSPS) is 20.7. The molecule has 2 aliphatic heterocycles. The molecule has 0 saturated carbocycles. The van der Waals surface area contributed by atoms with Gasteiger partial charge >= 0.3 is 6.03 Å². The lowest BCUT2D eigenvalue weighted by molar-refractivity contribution is -0.133. The Morgan fingerprint density at radius 1 is 1.30 bits per heavy atom. The molecule has 4 rings (SSSR count). The Hall–Kier alpha value is -3.53. The molecule has 1 saturated heterocycles. The van der Waals surface area contributed by atoms with Gasteiger partial charge in [-0.05, 0) is 18.2 Å². The fourth-order valence-electron chi connectivity index (χ4n) is 3.63. The molecule has 0 radical (unpaired) electrons. The highest BCUT2D eigenvalue weighted by molar-refractivity contribution is 6.07. The van der Waals surface area contributed by atoms with Crippen LogP contribution in [0, 0.1) is 11.3 Å². The van der Waals surface area contributed by atoms with Crippen molar-refractivity contribution in [2.45, 2.75) is 18.5 Å². The van der Waals surface area contributed by atoms with Crippen molar-refractivity contribution in [3.8, 4) is 17.6 Å². The molecule has 3 amide bonds. The summed E-state index contributed by atoms with van der Waals surface area (Å²) < 4.78 is 11.0. The smallest absolute Gasteiger partial charge is 0.325 e. The summed E-state index contributed by atoms with van der Waals surface area (Å²) in [4.78, 5) is 27.1. The molecular formula is C20H17N3O4.